The van der Waals surface area contributed by atoms with E-state index in [1.54, 1.807) is 82.6 Å². The van der Waals surface area contributed by atoms with Gasteiger partial charge in [0.15, 0.2) is 6.61 Å². The fourth-order valence-corrected chi connectivity index (χ4v) is 8.94. The highest BCUT2D eigenvalue weighted by Gasteiger charge is 2.42. The van der Waals surface area contributed by atoms with Crippen LogP contribution in [0.1, 0.15) is 70.0 Å². The Kier molecular flexibility index (Phi) is 14.6. The monoisotopic (exact) mass is 892 g/mol. The SMILES string of the molecule is O=C(COc1cccc([C@](O)(C(=O)OCC2CCN(Cc3ccccc3)CC2)c2ccccc2)c1)N1CCN(C(=O)c2ccc(CCC[C@H](O)c3ccc(O)c4[nH]c(=O)ccc34)cc2)CC1. The first-order valence-corrected chi connectivity index (χ1v) is 22.7. The number of piperazine rings is 1. The number of phenols is 1. The Hall–Kier alpha value is -6.80. The quantitative estimate of drug-likeness (QED) is 0.0804. The molecule has 8 rings (SSSR count). The number of amides is 2. The molecule has 13 nitrogen and oxygen atoms in total. The van der Waals surface area contributed by atoms with Crippen LogP contribution in [0.4, 0.5) is 0 Å². The van der Waals surface area contributed by atoms with Crippen LogP contribution >= 0.6 is 0 Å². The number of carbonyl (C=O) groups excluding carboxylic acids is 3. The lowest BCUT2D eigenvalue weighted by atomic mass is 9.86. The molecule has 342 valence electrons. The largest absolute Gasteiger partial charge is 0.506 e. The Morgan fingerprint density at radius 2 is 1.42 bits per heavy atom. The number of piperidine rings is 1. The molecule has 66 heavy (non-hydrogen) atoms. The standard InChI is InChI=1S/C53H56N4O9/c58-46(44-21-23-47(59)50-45(44)22-24-48(60)54-50)16-7-11-37-17-19-40(20-18-37)51(62)57-31-29-56(30-32-57)49(61)36-65-43-15-8-14-42(33-43)53(64,41-12-5-2-6-13-41)52(63)66-35-39-25-27-55(28-26-39)34-38-9-3-1-4-10-38/h1-6,8-10,12-15,17-24,33,39,46,58-59,64H,7,11,16,25-32,34-36H2,(H,54,60)/t46-,53-/m0/s1. The molecule has 2 saturated heterocycles. The van der Waals surface area contributed by atoms with Crippen LogP contribution in [-0.4, -0.2) is 105 Å². The molecule has 1 aromatic heterocycles. The van der Waals surface area contributed by atoms with Crippen LogP contribution in [0.5, 0.6) is 11.5 Å². The second kappa shape index (κ2) is 21.0. The van der Waals surface area contributed by atoms with Gasteiger partial charge in [0.25, 0.3) is 11.8 Å². The number of aliphatic hydroxyl groups excluding tert-OH is 1. The third kappa shape index (κ3) is 10.8. The first kappa shape index (κ1) is 45.8. The van der Waals surface area contributed by atoms with Gasteiger partial charge in [-0.15, -0.1) is 0 Å². The molecule has 2 amide bonds. The van der Waals surface area contributed by atoms with Crippen molar-refractivity contribution in [3.63, 3.8) is 0 Å². The van der Waals surface area contributed by atoms with Gasteiger partial charge in [0.05, 0.1) is 18.2 Å². The molecule has 0 bridgehead atoms. The number of benzene rings is 5. The maximum Gasteiger partial charge on any atom is 0.347 e. The average Bonchev–Trinajstić information content (AvgIpc) is 3.36. The first-order valence-electron chi connectivity index (χ1n) is 22.7. The Bertz CT molecular complexity index is 2660. The number of aliphatic hydroxyl groups is 2. The van der Waals surface area contributed by atoms with Crippen molar-refractivity contribution in [2.75, 3.05) is 52.5 Å². The fourth-order valence-electron chi connectivity index (χ4n) is 8.94. The van der Waals surface area contributed by atoms with E-state index >= 15 is 0 Å². The highest BCUT2D eigenvalue weighted by atomic mass is 16.5. The summed E-state index contributed by atoms with van der Waals surface area (Å²) < 4.78 is 11.8. The van der Waals surface area contributed by atoms with Gasteiger partial charge < -0.3 is 39.6 Å². The van der Waals surface area contributed by atoms with Crippen molar-refractivity contribution < 1.29 is 39.2 Å². The average molecular weight is 893 g/mol. The van der Waals surface area contributed by atoms with Crippen LogP contribution in [0.15, 0.2) is 138 Å². The fraction of sp³-hybridized carbons (Fsp3) is 0.321. The van der Waals surface area contributed by atoms with E-state index in [-0.39, 0.29) is 47.8 Å². The van der Waals surface area contributed by atoms with Crippen molar-refractivity contribution >= 4 is 28.7 Å². The summed E-state index contributed by atoms with van der Waals surface area (Å²) in [7, 11) is 0. The number of nitrogens with one attached hydrogen (secondary N) is 1. The molecule has 0 unspecified atom stereocenters. The van der Waals surface area contributed by atoms with Crippen molar-refractivity contribution in [2.45, 2.75) is 50.4 Å². The number of aromatic nitrogens is 1. The number of fused-ring (bicyclic) bond motifs is 1. The Balaban J connectivity index is 0.796. The summed E-state index contributed by atoms with van der Waals surface area (Å²) in [5.41, 5.74) is 1.95. The summed E-state index contributed by atoms with van der Waals surface area (Å²) in [6, 6.07) is 39.1. The van der Waals surface area contributed by atoms with Crippen LogP contribution < -0.4 is 10.3 Å². The van der Waals surface area contributed by atoms with E-state index in [9.17, 15) is 34.5 Å². The first-order chi connectivity index (χ1) is 32.0. The minimum absolute atomic E-state index is 0.0537. The predicted molar refractivity (Wildman–Crippen MR) is 250 cm³/mol. The lowest BCUT2D eigenvalue weighted by Gasteiger charge is -2.34. The molecule has 6 aromatic rings. The molecule has 0 aliphatic carbocycles. The van der Waals surface area contributed by atoms with Crippen molar-refractivity contribution in [1.29, 1.82) is 0 Å². The number of rotatable bonds is 16. The van der Waals surface area contributed by atoms with Gasteiger partial charge in [-0.25, -0.2) is 4.79 Å². The Morgan fingerprint density at radius 1 is 0.742 bits per heavy atom. The number of hydrogen-bond acceptors (Lipinski definition) is 10. The van der Waals surface area contributed by atoms with Crippen LogP contribution in [0.2, 0.25) is 0 Å². The molecule has 5 aromatic carbocycles. The topological polar surface area (TPSA) is 173 Å². The van der Waals surface area contributed by atoms with Gasteiger partial charge in [-0.05, 0) is 110 Å². The van der Waals surface area contributed by atoms with E-state index in [0.717, 1.165) is 38.0 Å². The highest BCUT2D eigenvalue weighted by molar-refractivity contribution is 5.94. The number of esters is 1. The van der Waals surface area contributed by atoms with Crippen LogP contribution in [0.3, 0.4) is 0 Å². The molecule has 0 radical (unpaired) electrons. The predicted octanol–water partition coefficient (Wildman–Crippen LogP) is 6.34. The molecule has 3 heterocycles. The number of aromatic amines is 1. The van der Waals surface area contributed by atoms with Gasteiger partial charge in [0.1, 0.15) is 11.5 Å². The second-order valence-corrected chi connectivity index (χ2v) is 17.3. The Labute approximate surface area is 383 Å². The zero-order valence-electron chi connectivity index (χ0n) is 36.9. The van der Waals surface area contributed by atoms with Crippen LogP contribution in [0, 0.1) is 5.92 Å². The molecule has 2 aliphatic rings. The van der Waals surface area contributed by atoms with Crippen molar-refractivity contribution in [3.8, 4) is 11.5 Å². The molecule has 0 saturated carbocycles. The Morgan fingerprint density at radius 3 is 2.15 bits per heavy atom. The minimum atomic E-state index is -2.11. The molecule has 13 heteroatoms. The maximum absolute atomic E-state index is 13.9. The number of H-pyrrole nitrogens is 1. The lowest BCUT2D eigenvalue weighted by Crippen LogP contribution is -2.51. The third-order valence-corrected chi connectivity index (χ3v) is 12.8. The van der Waals surface area contributed by atoms with Gasteiger partial charge in [0.2, 0.25) is 11.2 Å². The smallest absolute Gasteiger partial charge is 0.347 e. The number of ether oxygens (including phenoxy) is 2. The molecule has 2 aliphatic heterocycles. The van der Waals surface area contributed by atoms with Crippen molar-refractivity contribution in [2.24, 2.45) is 5.92 Å². The summed E-state index contributed by atoms with van der Waals surface area (Å²) in [5.74, 6) is -0.706. The van der Waals surface area contributed by atoms with Crippen molar-refractivity contribution in [3.05, 3.63) is 177 Å². The summed E-state index contributed by atoms with van der Waals surface area (Å²) in [4.78, 5) is 60.8. The van der Waals surface area contributed by atoms with Crippen LogP contribution in [0.25, 0.3) is 10.9 Å². The van der Waals surface area contributed by atoms with Gasteiger partial charge in [-0.3, -0.25) is 19.3 Å². The number of likely N-dealkylation sites (tertiary alicyclic amines) is 1. The molecule has 2 fully saturated rings. The summed E-state index contributed by atoms with van der Waals surface area (Å²) >= 11 is 0. The van der Waals surface area contributed by atoms with Gasteiger partial charge in [0, 0.05) is 55.3 Å². The van der Waals surface area contributed by atoms with E-state index in [0.29, 0.717) is 78.8 Å². The van der Waals surface area contributed by atoms with E-state index in [2.05, 4.69) is 22.0 Å². The molecular weight excluding hydrogens is 837 g/mol. The van der Waals surface area contributed by atoms with Crippen molar-refractivity contribution in [1.82, 2.24) is 19.7 Å². The second-order valence-electron chi connectivity index (χ2n) is 17.3. The summed E-state index contributed by atoms with van der Waals surface area (Å²) in [6.07, 6.45) is 2.79. The zero-order chi connectivity index (χ0) is 46.0. The van der Waals surface area contributed by atoms with Gasteiger partial charge in [-0.2, -0.15) is 0 Å². The van der Waals surface area contributed by atoms with Gasteiger partial charge in [-0.1, -0.05) is 91.0 Å². The van der Waals surface area contributed by atoms with Gasteiger partial charge >= 0.3 is 5.97 Å². The summed E-state index contributed by atoms with van der Waals surface area (Å²) in [6.45, 7) is 4.01. The number of hydrogen-bond donors (Lipinski definition) is 4. The van der Waals surface area contributed by atoms with E-state index in [4.69, 9.17) is 9.47 Å². The molecule has 4 N–H and O–H groups in total. The number of aromatic hydroxyl groups is 1. The number of phenolic OH excluding ortho intramolecular Hbond substituents is 1. The van der Waals surface area contributed by atoms with Crippen LogP contribution in [-0.2, 0) is 32.9 Å². The number of nitrogens with zero attached hydrogens (tertiary/aromatic N) is 3. The minimum Gasteiger partial charge on any atom is -0.506 e. The maximum atomic E-state index is 13.9. The normalized spacial score (nSPS) is 16.1. The number of carbonyl (C=O) groups is 3. The van der Waals surface area contributed by atoms with E-state index < -0.39 is 17.7 Å². The third-order valence-electron chi connectivity index (χ3n) is 12.8. The molecular formula is C53H56N4O9. The molecule has 0 spiro atoms. The lowest BCUT2D eigenvalue weighted by molar-refractivity contribution is -0.164. The zero-order valence-corrected chi connectivity index (χ0v) is 36.9. The number of aryl methyl sites for hydroxylation is 1. The highest BCUT2D eigenvalue weighted by Crippen LogP contribution is 2.34. The summed E-state index contributed by atoms with van der Waals surface area (Å²) in [5, 5.41) is 33.9. The van der Waals surface area contributed by atoms with E-state index in [1.807, 2.05) is 36.4 Å². The van der Waals surface area contributed by atoms with E-state index in [1.165, 1.54) is 17.7 Å². The number of pyridine rings is 1. The molecule has 2 atom stereocenters.